The number of benzene rings is 1. The molecule has 0 atom stereocenters. The number of ether oxygens (including phenoxy) is 1. The Labute approximate surface area is 162 Å². The van der Waals surface area contributed by atoms with E-state index in [0.29, 0.717) is 13.2 Å². The molecule has 2 aliphatic rings. The predicted molar refractivity (Wildman–Crippen MR) is 102 cm³/mol. The van der Waals surface area contributed by atoms with Gasteiger partial charge in [-0.3, -0.25) is 9.59 Å². The molecular formula is C21H33N3O3+2. The zero-order valence-corrected chi connectivity index (χ0v) is 16.4. The van der Waals surface area contributed by atoms with Crippen molar-refractivity contribution >= 4 is 11.9 Å². The second kappa shape index (κ2) is 9.85. The van der Waals surface area contributed by atoms with E-state index in [4.69, 9.17) is 4.74 Å². The first-order valence-electron chi connectivity index (χ1n) is 10.3. The number of rotatable bonds is 6. The molecule has 6 heteroatoms. The van der Waals surface area contributed by atoms with Gasteiger partial charge in [0.05, 0.1) is 51.8 Å². The standard InChI is InChI=1S/C21H31N3O3/c1-2-27-21(26)19-8-10-22(11-9-19)17-20(25)24-14-12-23(13-15-24)16-18-6-4-3-5-7-18/h3-7,19H,2,8-17H2,1H3/p+2. The molecule has 2 saturated heterocycles. The number of hydrogen-bond acceptors (Lipinski definition) is 3. The Kier molecular flexibility index (Phi) is 7.24. The lowest BCUT2D eigenvalue weighted by atomic mass is 9.97. The predicted octanol–water partition coefficient (Wildman–Crippen LogP) is -1.23. The van der Waals surface area contributed by atoms with Crippen molar-refractivity contribution in [1.29, 1.82) is 0 Å². The van der Waals surface area contributed by atoms with Crippen LogP contribution in [0.3, 0.4) is 0 Å². The highest BCUT2D eigenvalue weighted by Crippen LogP contribution is 2.11. The number of esters is 1. The van der Waals surface area contributed by atoms with Gasteiger partial charge in [-0.25, -0.2) is 0 Å². The van der Waals surface area contributed by atoms with Crippen LogP contribution >= 0.6 is 0 Å². The third-order valence-corrected chi connectivity index (χ3v) is 5.83. The zero-order chi connectivity index (χ0) is 19.1. The Morgan fingerprint density at radius 3 is 2.33 bits per heavy atom. The van der Waals surface area contributed by atoms with E-state index < -0.39 is 0 Å². The summed E-state index contributed by atoms with van der Waals surface area (Å²) in [5.41, 5.74) is 1.36. The number of likely N-dealkylation sites (tertiary alicyclic amines) is 1. The normalized spacial score (nSPS) is 23.8. The SMILES string of the molecule is CCOC(=O)C1CC[NH+](CC(=O)N2CC[NH+](Cc3ccccc3)CC2)CC1. The summed E-state index contributed by atoms with van der Waals surface area (Å²) in [6.07, 6.45) is 1.66. The number of piperazine rings is 1. The van der Waals surface area contributed by atoms with Gasteiger partial charge in [0.15, 0.2) is 6.54 Å². The zero-order valence-electron chi connectivity index (χ0n) is 16.4. The molecule has 148 valence electrons. The lowest BCUT2D eigenvalue weighted by Crippen LogP contribution is -3.15. The molecule has 0 aromatic heterocycles. The molecule has 3 rings (SSSR count). The highest BCUT2D eigenvalue weighted by atomic mass is 16.5. The number of hydrogen-bond donors (Lipinski definition) is 2. The van der Waals surface area contributed by atoms with E-state index in [2.05, 4.69) is 24.3 Å². The van der Waals surface area contributed by atoms with Crippen LogP contribution in [0.15, 0.2) is 30.3 Å². The topological polar surface area (TPSA) is 55.5 Å². The van der Waals surface area contributed by atoms with Crippen LogP contribution in [0.4, 0.5) is 0 Å². The summed E-state index contributed by atoms with van der Waals surface area (Å²) in [5.74, 6) is 0.215. The third kappa shape index (κ3) is 5.78. The minimum Gasteiger partial charge on any atom is -0.466 e. The average molecular weight is 376 g/mol. The summed E-state index contributed by atoms with van der Waals surface area (Å²) < 4.78 is 5.12. The van der Waals surface area contributed by atoms with E-state index >= 15 is 0 Å². The summed E-state index contributed by atoms with van der Waals surface area (Å²) in [4.78, 5) is 29.4. The van der Waals surface area contributed by atoms with E-state index in [1.54, 1.807) is 4.90 Å². The molecule has 27 heavy (non-hydrogen) atoms. The Morgan fingerprint density at radius 2 is 1.70 bits per heavy atom. The Morgan fingerprint density at radius 1 is 1.04 bits per heavy atom. The molecule has 0 spiro atoms. The van der Waals surface area contributed by atoms with E-state index in [0.717, 1.165) is 58.7 Å². The highest BCUT2D eigenvalue weighted by molar-refractivity contribution is 5.77. The van der Waals surface area contributed by atoms with Crippen LogP contribution in [0.2, 0.25) is 0 Å². The van der Waals surface area contributed by atoms with E-state index in [1.807, 2.05) is 17.9 Å². The smallest absolute Gasteiger partial charge is 0.309 e. The lowest BCUT2D eigenvalue weighted by molar-refractivity contribution is -0.918. The van der Waals surface area contributed by atoms with Gasteiger partial charge in [-0.2, -0.15) is 0 Å². The van der Waals surface area contributed by atoms with Crippen LogP contribution in [-0.2, 0) is 20.9 Å². The molecular weight excluding hydrogens is 342 g/mol. The van der Waals surface area contributed by atoms with Crippen LogP contribution in [0, 0.1) is 5.92 Å². The lowest BCUT2D eigenvalue weighted by Gasteiger charge is -2.34. The number of piperidine rings is 1. The fourth-order valence-electron chi connectivity index (χ4n) is 4.16. The first-order valence-corrected chi connectivity index (χ1v) is 10.3. The van der Waals surface area contributed by atoms with Crippen LogP contribution in [0.1, 0.15) is 25.3 Å². The Balaban J connectivity index is 1.37. The van der Waals surface area contributed by atoms with Crippen LogP contribution in [0.5, 0.6) is 0 Å². The first kappa shape index (κ1) is 19.8. The van der Waals surface area contributed by atoms with Crippen molar-refractivity contribution in [2.24, 2.45) is 5.92 Å². The van der Waals surface area contributed by atoms with Crippen molar-refractivity contribution in [2.75, 3.05) is 52.4 Å². The molecule has 0 saturated carbocycles. The Hall–Kier alpha value is -1.92. The van der Waals surface area contributed by atoms with Crippen molar-refractivity contribution in [3.05, 3.63) is 35.9 Å². The molecule has 0 bridgehead atoms. The maximum atomic E-state index is 12.7. The van der Waals surface area contributed by atoms with Crippen LogP contribution < -0.4 is 9.80 Å². The molecule has 0 radical (unpaired) electrons. The minimum absolute atomic E-state index is 0.0222. The van der Waals surface area contributed by atoms with Gasteiger partial charge in [0.25, 0.3) is 5.91 Å². The molecule has 2 aliphatic heterocycles. The van der Waals surface area contributed by atoms with Gasteiger partial charge >= 0.3 is 5.97 Å². The average Bonchev–Trinajstić information content (AvgIpc) is 2.70. The van der Waals surface area contributed by atoms with Gasteiger partial charge < -0.3 is 19.4 Å². The van der Waals surface area contributed by atoms with Crippen molar-refractivity contribution in [1.82, 2.24) is 4.90 Å². The number of carbonyl (C=O) groups excluding carboxylic acids is 2. The number of quaternary nitrogens is 2. The van der Waals surface area contributed by atoms with Gasteiger partial charge in [-0.1, -0.05) is 30.3 Å². The molecule has 0 aliphatic carbocycles. The van der Waals surface area contributed by atoms with Crippen LogP contribution in [0.25, 0.3) is 0 Å². The molecule has 6 nitrogen and oxygen atoms in total. The van der Waals surface area contributed by atoms with Crippen molar-refractivity contribution in [3.8, 4) is 0 Å². The van der Waals surface area contributed by atoms with Crippen molar-refractivity contribution in [3.63, 3.8) is 0 Å². The minimum atomic E-state index is -0.0691. The summed E-state index contributed by atoms with van der Waals surface area (Å²) >= 11 is 0. The third-order valence-electron chi connectivity index (χ3n) is 5.83. The number of nitrogens with one attached hydrogen (secondary N) is 2. The fraction of sp³-hybridized carbons (Fsp3) is 0.619. The second-order valence-electron chi connectivity index (χ2n) is 7.75. The largest absolute Gasteiger partial charge is 0.466 e. The maximum Gasteiger partial charge on any atom is 0.309 e. The second-order valence-corrected chi connectivity index (χ2v) is 7.75. The van der Waals surface area contributed by atoms with Crippen molar-refractivity contribution < 1.29 is 24.1 Å². The monoisotopic (exact) mass is 375 g/mol. The van der Waals surface area contributed by atoms with Gasteiger partial charge in [0, 0.05) is 18.4 Å². The maximum absolute atomic E-state index is 12.7. The van der Waals surface area contributed by atoms with Crippen LogP contribution in [-0.4, -0.2) is 69.2 Å². The van der Waals surface area contributed by atoms with E-state index in [1.165, 1.54) is 10.5 Å². The molecule has 2 fully saturated rings. The number of amides is 1. The Bertz CT molecular complexity index is 606. The van der Waals surface area contributed by atoms with E-state index in [-0.39, 0.29) is 17.8 Å². The summed E-state index contributed by atoms with van der Waals surface area (Å²) in [5, 5.41) is 0. The highest BCUT2D eigenvalue weighted by Gasteiger charge is 2.31. The molecule has 2 heterocycles. The summed E-state index contributed by atoms with van der Waals surface area (Å²) in [7, 11) is 0. The summed E-state index contributed by atoms with van der Waals surface area (Å²) in [6.45, 7) is 9.38. The molecule has 1 amide bonds. The van der Waals surface area contributed by atoms with Gasteiger partial charge in [-0.15, -0.1) is 0 Å². The molecule has 1 aromatic rings. The molecule has 0 unspecified atom stereocenters. The molecule has 1 aromatic carbocycles. The fourth-order valence-corrected chi connectivity index (χ4v) is 4.16. The molecule has 2 N–H and O–H groups in total. The number of carbonyl (C=O) groups is 2. The number of nitrogens with zero attached hydrogens (tertiary/aromatic N) is 1. The van der Waals surface area contributed by atoms with Gasteiger partial charge in [0.1, 0.15) is 6.54 Å². The first-order chi connectivity index (χ1) is 13.2. The van der Waals surface area contributed by atoms with Gasteiger partial charge in [0.2, 0.25) is 0 Å². The summed E-state index contributed by atoms with van der Waals surface area (Å²) in [6, 6.07) is 10.6. The van der Waals surface area contributed by atoms with E-state index in [9.17, 15) is 9.59 Å². The van der Waals surface area contributed by atoms with Crippen molar-refractivity contribution in [2.45, 2.75) is 26.3 Å². The quantitative estimate of drug-likeness (QED) is 0.613. The van der Waals surface area contributed by atoms with Gasteiger partial charge in [-0.05, 0) is 6.92 Å².